The predicted molar refractivity (Wildman–Crippen MR) is 95.5 cm³/mol. The number of esters is 1. The molecule has 0 fully saturated rings. The molecule has 0 radical (unpaired) electrons. The third-order valence-corrected chi connectivity index (χ3v) is 5.54. The Kier molecular flexibility index (Phi) is 6.25. The van der Waals surface area contributed by atoms with Gasteiger partial charge in [0.15, 0.2) is 0 Å². The number of carbonyl (C=O) groups is 1. The third-order valence-electron chi connectivity index (χ3n) is 5.54. The minimum Gasteiger partial charge on any atom is -0.428 e. The molecule has 1 aliphatic carbocycles. The Bertz CT molecular complexity index is 599. The molecule has 0 aromatic carbocycles. The number of cyclic esters (lactones) is 1. The van der Waals surface area contributed by atoms with E-state index < -0.39 is 18.4 Å². The lowest BCUT2D eigenvalue weighted by molar-refractivity contribution is -0.152. The minimum absolute atomic E-state index is 0.0564. The lowest BCUT2D eigenvalue weighted by atomic mass is 9.64. The molecular weight excluding hydrogens is 320 g/mol. The second-order valence-electron chi connectivity index (χ2n) is 7.85. The van der Waals surface area contributed by atoms with Crippen molar-refractivity contribution in [3.8, 4) is 0 Å². The van der Waals surface area contributed by atoms with Gasteiger partial charge in [0.1, 0.15) is 0 Å². The molecule has 0 bridgehead atoms. The normalized spacial score (nSPS) is 27.1. The van der Waals surface area contributed by atoms with Gasteiger partial charge >= 0.3 is 5.97 Å². The molecule has 3 atom stereocenters. The van der Waals surface area contributed by atoms with Crippen molar-refractivity contribution >= 4 is 5.97 Å². The van der Waals surface area contributed by atoms with Crippen molar-refractivity contribution in [3.63, 3.8) is 0 Å². The minimum atomic E-state index is -1.07. The standard InChI is InChI=1S/C20H30O5/c1-12(9-15(22)10-13(2)11-21)5-6-14-7-8-16-17(20(14,3)4)19(24)25-18(16)23/h10,14-15,18,21-23H,1,5-9,11H2,2-4H3/b13-10+/t14-,15+,18-/m1/s1. The van der Waals surface area contributed by atoms with Crippen LogP contribution in [0.5, 0.6) is 0 Å². The Morgan fingerprint density at radius 1 is 1.48 bits per heavy atom. The van der Waals surface area contributed by atoms with Crippen molar-refractivity contribution in [3.05, 3.63) is 34.9 Å². The SMILES string of the molecule is C=C(CC[C@@H]1CCC2=C(C(=O)O[C@H]2O)C1(C)C)C[C@H](O)/C=C(\C)CO. The quantitative estimate of drug-likeness (QED) is 0.485. The van der Waals surface area contributed by atoms with Gasteiger partial charge in [-0.3, -0.25) is 0 Å². The fourth-order valence-corrected chi connectivity index (χ4v) is 4.03. The molecule has 0 unspecified atom stereocenters. The summed E-state index contributed by atoms with van der Waals surface area (Å²) in [6, 6.07) is 0. The van der Waals surface area contributed by atoms with Crippen molar-refractivity contribution in [2.45, 2.75) is 65.3 Å². The summed E-state index contributed by atoms with van der Waals surface area (Å²) in [5.41, 5.74) is 2.74. The molecule has 5 nitrogen and oxygen atoms in total. The lowest BCUT2D eigenvalue weighted by Gasteiger charge is -2.39. The molecule has 1 aliphatic heterocycles. The zero-order valence-electron chi connectivity index (χ0n) is 15.4. The first-order chi connectivity index (χ1) is 11.7. The van der Waals surface area contributed by atoms with Crippen LogP contribution in [0.1, 0.15) is 52.9 Å². The number of ether oxygens (including phenoxy) is 1. The Hall–Kier alpha value is -1.43. The summed E-state index contributed by atoms with van der Waals surface area (Å²) in [5.74, 6) is -0.0937. The highest BCUT2D eigenvalue weighted by Gasteiger charge is 2.47. The highest BCUT2D eigenvalue weighted by Crippen LogP contribution is 2.50. The van der Waals surface area contributed by atoms with Gasteiger partial charge in [0.25, 0.3) is 0 Å². The van der Waals surface area contributed by atoms with E-state index in [2.05, 4.69) is 6.58 Å². The van der Waals surface area contributed by atoms with Crippen molar-refractivity contribution in [1.82, 2.24) is 0 Å². The van der Waals surface area contributed by atoms with E-state index in [1.807, 2.05) is 13.8 Å². The number of aliphatic hydroxyl groups excluding tert-OH is 3. The topological polar surface area (TPSA) is 87.0 Å². The van der Waals surface area contributed by atoms with Crippen LogP contribution in [-0.4, -0.2) is 40.3 Å². The van der Waals surface area contributed by atoms with E-state index in [0.29, 0.717) is 24.3 Å². The molecule has 3 N–H and O–H groups in total. The van der Waals surface area contributed by atoms with Gasteiger partial charge in [0.05, 0.1) is 12.7 Å². The molecule has 2 rings (SSSR count). The maximum absolute atomic E-state index is 12.1. The summed E-state index contributed by atoms with van der Waals surface area (Å²) in [7, 11) is 0. The molecular formula is C20H30O5. The van der Waals surface area contributed by atoms with Crippen LogP contribution in [0.15, 0.2) is 34.9 Å². The molecule has 0 saturated heterocycles. The Labute approximate surface area is 149 Å². The number of carbonyl (C=O) groups excluding carboxylic acids is 1. The highest BCUT2D eigenvalue weighted by atomic mass is 16.6. The first kappa shape index (κ1) is 19.9. The Morgan fingerprint density at radius 2 is 2.16 bits per heavy atom. The van der Waals surface area contributed by atoms with Crippen molar-refractivity contribution < 1.29 is 24.9 Å². The summed E-state index contributed by atoms with van der Waals surface area (Å²) in [4.78, 5) is 12.1. The smallest absolute Gasteiger partial charge is 0.337 e. The van der Waals surface area contributed by atoms with Crippen LogP contribution in [0.4, 0.5) is 0 Å². The van der Waals surface area contributed by atoms with Gasteiger partial charge in [-0.05, 0) is 55.9 Å². The number of hydrogen-bond donors (Lipinski definition) is 3. The van der Waals surface area contributed by atoms with Crippen molar-refractivity contribution in [2.24, 2.45) is 11.3 Å². The molecule has 0 amide bonds. The van der Waals surface area contributed by atoms with E-state index in [4.69, 9.17) is 9.84 Å². The van der Waals surface area contributed by atoms with Crippen molar-refractivity contribution in [1.29, 1.82) is 0 Å². The molecule has 2 aliphatic rings. The maximum atomic E-state index is 12.1. The average molecular weight is 350 g/mol. The Balaban J connectivity index is 1.95. The van der Waals surface area contributed by atoms with E-state index in [-0.39, 0.29) is 12.0 Å². The lowest BCUT2D eigenvalue weighted by Crippen LogP contribution is -2.33. The molecule has 0 aromatic rings. The van der Waals surface area contributed by atoms with Crippen LogP contribution < -0.4 is 0 Å². The molecule has 140 valence electrons. The fraction of sp³-hybridized carbons (Fsp3) is 0.650. The first-order valence-electron chi connectivity index (χ1n) is 8.92. The number of rotatable bonds is 7. The van der Waals surface area contributed by atoms with Gasteiger partial charge < -0.3 is 20.1 Å². The number of aliphatic hydroxyl groups is 3. The van der Waals surface area contributed by atoms with Crippen LogP contribution in [-0.2, 0) is 9.53 Å². The fourth-order valence-electron chi connectivity index (χ4n) is 4.03. The van der Waals surface area contributed by atoms with Crippen LogP contribution >= 0.6 is 0 Å². The third kappa shape index (κ3) is 4.40. The van der Waals surface area contributed by atoms with Gasteiger partial charge in [-0.25, -0.2) is 4.79 Å². The molecule has 0 spiro atoms. The predicted octanol–water partition coefficient (Wildman–Crippen LogP) is 2.62. The monoisotopic (exact) mass is 350 g/mol. The highest BCUT2D eigenvalue weighted by molar-refractivity contribution is 5.93. The average Bonchev–Trinajstić information content (AvgIpc) is 2.81. The van der Waals surface area contributed by atoms with E-state index in [1.165, 1.54) is 0 Å². The zero-order valence-corrected chi connectivity index (χ0v) is 15.4. The van der Waals surface area contributed by atoms with E-state index in [9.17, 15) is 15.0 Å². The molecule has 0 saturated carbocycles. The molecule has 1 heterocycles. The summed E-state index contributed by atoms with van der Waals surface area (Å²) < 4.78 is 4.98. The summed E-state index contributed by atoms with van der Waals surface area (Å²) in [6.45, 7) is 9.85. The molecule has 25 heavy (non-hydrogen) atoms. The molecule has 5 heteroatoms. The maximum Gasteiger partial charge on any atom is 0.337 e. The van der Waals surface area contributed by atoms with Gasteiger partial charge in [-0.1, -0.05) is 32.1 Å². The Morgan fingerprint density at radius 3 is 2.80 bits per heavy atom. The van der Waals surface area contributed by atoms with Crippen molar-refractivity contribution in [2.75, 3.05) is 6.61 Å². The summed E-state index contributed by atoms with van der Waals surface area (Å²) in [5, 5.41) is 28.9. The second-order valence-corrected chi connectivity index (χ2v) is 7.85. The van der Waals surface area contributed by atoms with Gasteiger partial charge in [0.2, 0.25) is 6.29 Å². The number of hydrogen-bond acceptors (Lipinski definition) is 5. The van der Waals surface area contributed by atoms with Crippen LogP contribution in [0, 0.1) is 11.3 Å². The van der Waals surface area contributed by atoms with E-state index >= 15 is 0 Å². The summed E-state index contributed by atoms with van der Waals surface area (Å²) >= 11 is 0. The van der Waals surface area contributed by atoms with Crippen LogP contribution in [0.2, 0.25) is 0 Å². The second kappa shape index (κ2) is 7.85. The van der Waals surface area contributed by atoms with Gasteiger partial charge in [0, 0.05) is 11.1 Å². The van der Waals surface area contributed by atoms with Gasteiger partial charge in [-0.15, -0.1) is 0 Å². The van der Waals surface area contributed by atoms with Crippen LogP contribution in [0.3, 0.4) is 0 Å². The van der Waals surface area contributed by atoms with E-state index in [1.54, 1.807) is 13.0 Å². The molecule has 0 aromatic heterocycles. The largest absolute Gasteiger partial charge is 0.428 e. The zero-order chi connectivity index (χ0) is 18.8. The van der Waals surface area contributed by atoms with Gasteiger partial charge in [-0.2, -0.15) is 0 Å². The first-order valence-corrected chi connectivity index (χ1v) is 8.92. The summed E-state index contributed by atoms with van der Waals surface area (Å²) in [6.07, 6.45) is 3.66. The van der Waals surface area contributed by atoms with Crippen LogP contribution in [0.25, 0.3) is 0 Å². The van der Waals surface area contributed by atoms with E-state index in [0.717, 1.165) is 36.0 Å².